The van der Waals surface area contributed by atoms with E-state index in [9.17, 15) is 4.79 Å². The number of hydrogen-bond donors (Lipinski definition) is 1. The molecule has 0 saturated carbocycles. The quantitative estimate of drug-likeness (QED) is 0.933. The summed E-state index contributed by atoms with van der Waals surface area (Å²) in [4.78, 5) is 15.9. The summed E-state index contributed by atoms with van der Waals surface area (Å²) in [6, 6.07) is 12.2. The molecule has 0 spiro atoms. The second-order valence-electron chi connectivity index (χ2n) is 3.92. The summed E-state index contributed by atoms with van der Waals surface area (Å²) in [5.74, 6) is 0.781. The zero-order valence-electron chi connectivity index (χ0n) is 10.3. The fraction of sp³-hybridized carbons (Fsp3) is 0.143. The molecule has 1 aromatic carbocycles. The van der Waals surface area contributed by atoms with Crippen molar-refractivity contribution < 1.29 is 9.53 Å². The topological polar surface area (TPSA) is 51.2 Å². The number of pyridine rings is 1. The van der Waals surface area contributed by atoms with Gasteiger partial charge >= 0.3 is 0 Å². The minimum Gasteiger partial charge on any atom is -0.481 e. The second-order valence-corrected chi connectivity index (χ2v) is 4.36. The van der Waals surface area contributed by atoms with Gasteiger partial charge in [-0.2, -0.15) is 0 Å². The second kappa shape index (κ2) is 6.20. The highest BCUT2D eigenvalue weighted by Gasteiger charge is 2.15. The number of nitrogens with zero attached hydrogens (tertiary/aromatic N) is 1. The molecule has 0 aliphatic rings. The van der Waals surface area contributed by atoms with Crippen LogP contribution in [0.25, 0.3) is 0 Å². The van der Waals surface area contributed by atoms with Crippen molar-refractivity contribution in [1.82, 2.24) is 4.98 Å². The number of carbonyl (C=O) groups is 1. The molecule has 4 nitrogen and oxygen atoms in total. The predicted octanol–water partition coefficient (Wildman–Crippen LogP) is 3.14. The van der Waals surface area contributed by atoms with E-state index in [0.717, 1.165) is 0 Å². The van der Waals surface area contributed by atoms with E-state index in [0.29, 0.717) is 16.6 Å². The Morgan fingerprint density at radius 2 is 2.16 bits per heavy atom. The van der Waals surface area contributed by atoms with Crippen LogP contribution in [0.4, 0.5) is 5.82 Å². The van der Waals surface area contributed by atoms with Gasteiger partial charge in [0.15, 0.2) is 6.10 Å². The Hall–Kier alpha value is -2.07. The molecule has 0 bridgehead atoms. The van der Waals surface area contributed by atoms with Gasteiger partial charge in [0, 0.05) is 11.2 Å². The van der Waals surface area contributed by atoms with E-state index in [-0.39, 0.29) is 5.91 Å². The number of rotatable bonds is 4. The van der Waals surface area contributed by atoms with Gasteiger partial charge in [0.05, 0.1) is 0 Å². The molecule has 2 aromatic rings. The molecule has 2 rings (SSSR count). The van der Waals surface area contributed by atoms with Crippen LogP contribution >= 0.6 is 11.6 Å². The van der Waals surface area contributed by atoms with E-state index < -0.39 is 6.10 Å². The molecule has 0 fully saturated rings. The number of amides is 1. The molecule has 1 N–H and O–H groups in total. The molecule has 19 heavy (non-hydrogen) atoms. The lowest BCUT2D eigenvalue weighted by atomic mass is 10.3. The third-order valence-electron chi connectivity index (χ3n) is 2.39. The lowest BCUT2D eigenvalue weighted by Gasteiger charge is -2.14. The van der Waals surface area contributed by atoms with Crippen molar-refractivity contribution in [3.8, 4) is 5.75 Å². The van der Waals surface area contributed by atoms with Gasteiger partial charge in [0.2, 0.25) is 0 Å². The number of anilines is 1. The van der Waals surface area contributed by atoms with E-state index in [4.69, 9.17) is 16.3 Å². The Kier molecular flexibility index (Phi) is 4.36. The fourth-order valence-corrected chi connectivity index (χ4v) is 1.64. The average Bonchev–Trinajstić information content (AvgIpc) is 2.40. The molecular weight excluding hydrogens is 264 g/mol. The lowest BCUT2D eigenvalue weighted by Crippen LogP contribution is -2.30. The molecular formula is C14H13ClN2O2. The molecule has 98 valence electrons. The van der Waals surface area contributed by atoms with Gasteiger partial charge in [-0.1, -0.05) is 23.7 Å². The Balaban J connectivity index is 1.96. The number of nitrogens with one attached hydrogen (secondary N) is 1. The maximum absolute atomic E-state index is 11.9. The standard InChI is InChI=1S/C14H13ClN2O2/c1-10(19-12-6-4-5-11(15)9-12)14(18)17-13-7-2-3-8-16-13/h2-10H,1H3,(H,16,17,18)/t10-/m0/s1. The molecule has 1 aromatic heterocycles. The number of benzene rings is 1. The summed E-state index contributed by atoms with van der Waals surface area (Å²) < 4.78 is 5.50. The molecule has 0 aliphatic heterocycles. The molecule has 5 heteroatoms. The van der Waals surface area contributed by atoms with Crippen molar-refractivity contribution in [3.63, 3.8) is 0 Å². The normalized spacial score (nSPS) is 11.7. The van der Waals surface area contributed by atoms with Gasteiger partial charge in [-0.25, -0.2) is 4.98 Å². The number of hydrogen-bond acceptors (Lipinski definition) is 3. The highest BCUT2D eigenvalue weighted by Crippen LogP contribution is 2.18. The zero-order chi connectivity index (χ0) is 13.7. The van der Waals surface area contributed by atoms with Gasteiger partial charge in [-0.05, 0) is 37.3 Å². The lowest BCUT2D eigenvalue weighted by molar-refractivity contribution is -0.122. The van der Waals surface area contributed by atoms with Crippen LogP contribution in [0.5, 0.6) is 5.75 Å². The monoisotopic (exact) mass is 276 g/mol. The van der Waals surface area contributed by atoms with Crippen molar-refractivity contribution in [3.05, 3.63) is 53.7 Å². The minimum atomic E-state index is -0.638. The molecule has 0 radical (unpaired) electrons. The third kappa shape index (κ3) is 3.96. The van der Waals surface area contributed by atoms with E-state index in [1.54, 1.807) is 55.6 Å². The van der Waals surface area contributed by atoms with Gasteiger partial charge in [0.25, 0.3) is 5.91 Å². The van der Waals surface area contributed by atoms with Gasteiger partial charge < -0.3 is 10.1 Å². The average molecular weight is 277 g/mol. The van der Waals surface area contributed by atoms with Crippen LogP contribution in [-0.4, -0.2) is 17.0 Å². The first-order valence-electron chi connectivity index (χ1n) is 5.79. The molecule has 1 amide bonds. The van der Waals surface area contributed by atoms with Crippen LogP contribution < -0.4 is 10.1 Å². The Labute approximate surface area is 116 Å². The van der Waals surface area contributed by atoms with Crippen LogP contribution in [0.15, 0.2) is 48.7 Å². The Bertz CT molecular complexity index is 560. The van der Waals surface area contributed by atoms with E-state index in [1.807, 2.05) is 0 Å². The van der Waals surface area contributed by atoms with E-state index in [2.05, 4.69) is 10.3 Å². The maximum Gasteiger partial charge on any atom is 0.266 e. The summed E-state index contributed by atoms with van der Waals surface area (Å²) in [5, 5.41) is 3.23. The summed E-state index contributed by atoms with van der Waals surface area (Å²) in [7, 11) is 0. The maximum atomic E-state index is 11.9. The number of halogens is 1. The third-order valence-corrected chi connectivity index (χ3v) is 2.63. The van der Waals surface area contributed by atoms with Crippen molar-refractivity contribution in [2.24, 2.45) is 0 Å². The molecule has 1 heterocycles. The van der Waals surface area contributed by atoms with Crippen LogP contribution in [-0.2, 0) is 4.79 Å². The first-order valence-corrected chi connectivity index (χ1v) is 6.17. The highest BCUT2D eigenvalue weighted by atomic mass is 35.5. The van der Waals surface area contributed by atoms with Crippen molar-refractivity contribution in [2.45, 2.75) is 13.0 Å². The van der Waals surface area contributed by atoms with E-state index in [1.165, 1.54) is 0 Å². The first-order chi connectivity index (χ1) is 9.15. The SMILES string of the molecule is C[C@H](Oc1cccc(Cl)c1)C(=O)Nc1ccccn1. The molecule has 0 unspecified atom stereocenters. The Morgan fingerprint density at radius 1 is 1.32 bits per heavy atom. The van der Waals surface area contributed by atoms with E-state index >= 15 is 0 Å². The smallest absolute Gasteiger partial charge is 0.266 e. The predicted molar refractivity (Wildman–Crippen MR) is 74.4 cm³/mol. The van der Waals surface area contributed by atoms with Crippen molar-refractivity contribution >= 4 is 23.3 Å². The largest absolute Gasteiger partial charge is 0.481 e. The summed E-state index contributed by atoms with van der Waals surface area (Å²) in [6.45, 7) is 1.67. The zero-order valence-corrected chi connectivity index (χ0v) is 11.1. The minimum absolute atomic E-state index is 0.265. The summed E-state index contributed by atoms with van der Waals surface area (Å²) >= 11 is 5.85. The molecule has 1 atom stereocenters. The molecule has 0 aliphatic carbocycles. The van der Waals surface area contributed by atoms with Crippen LogP contribution in [0.1, 0.15) is 6.92 Å². The van der Waals surface area contributed by atoms with Gasteiger partial charge in [-0.3, -0.25) is 4.79 Å². The van der Waals surface area contributed by atoms with Crippen LogP contribution in [0.2, 0.25) is 5.02 Å². The van der Waals surface area contributed by atoms with Crippen LogP contribution in [0, 0.1) is 0 Å². The molecule has 0 saturated heterocycles. The number of carbonyl (C=O) groups excluding carboxylic acids is 1. The van der Waals surface area contributed by atoms with Crippen molar-refractivity contribution in [1.29, 1.82) is 0 Å². The Morgan fingerprint density at radius 3 is 2.84 bits per heavy atom. The first kappa shape index (κ1) is 13.4. The van der Waals surface area contributed by atoms with Crippen molar-refractivity contribution in [2.75, 3.05) is 5.32 Å². The summed E-state index contributed by atoms with van der Waals surface area (Å²) in [5.41, 5.74) is 0. The van der Waals surface area contributed by atoms with Gasteiger partial charge in [0.1, 0.15) is 11.6 Å². The highest BCUT2D eigenvalue weighted by molar-refractivity contribution is 6.30. The summed E-state index contributed by atoms with van der Waals surface area (Å²) in [6.07, 6.45) is 0.971. The number of aromatic nitrogens is 1. The number of ether oxygens (including phenoxy) is 1. The van der Waals surface area contributed by atoms with Gasteiger partial charge in [-0.15, -0.1) is 0 Å². The fourth-order valence-electron chi connectivity index (χ4n) is 1.46. The van der Waals surface area contributed by atoms with Crippen LogP contribution in [0.3, 0.4) is 0 Å².